The van der Waals surface area contributed by atoms with E-state index >= 15 is 0 Å². The molecule has 2 aromatic carbocycles. The smallest absolute Gasteiger partial charge is 0.296 e. The molecule has 0 unspecified atom stereocenters. The Morgan fingerprint density at radius 3 is 2.47 bits per heavy atom. The number of halogens is 4. The Hall–Kier alpha value is -1.85. The average Bonchev–Trinajstić information content (AvgIpc) is 2.67. The van der Waals surface area contributed by atoms with Crippen molar-refractivity contribution >= 4 is 85.3 Å². The monoisotopic (exact) mass is 554 g/mol. The third kappa shape index (κ3) is 6.58. The van der Waals surface area contributed by atoms with Crippen molar-refractivity contribution in [3.8, 4) is 5.75 Å². The third-order valence-corrected chi connectivity index (χ3v) is 5.21. The van der Waals surface area contributed by atoms with E-state index in [0.29, 0.717) is 15.8 Å². The largest absolute Gasteiger partial charge is 0.496 e. The quantitative estimate of drug-likeness (QED) is 0.155. The van der Waals surface area contributed by atoms with E-state index < -0.39 is 20.8 Å². The van der Waals surface area contributed by atoms with Crippen molar-refractivity contribution in [1.29, 1.82) is 0 Å². The van der Waals surface area contributed by atoms with E-state index in [9.17, 15) is 14.9 Å². The van der Waals surface area contributed by atoms with E-state index in [-0.39, 0.29) is 16.5 Å². The van der Waals surface area contributed by atoms with Crippen molar-refractivity contribution in [2.45, 2.75) is 9.96 Å². The minimum absolute atomic E-state index is 0.0819. The second kappa shape index (κ2) is 10.5. The number of anilines is 1. The Labute approximate surface area is 200 Å². The second-order valence-corrected chi connectivity index (χ2v) is 9.30. The molecule has 160 valence electrons. The van der Waals surface area contributed by atoms with E-state index in [4.69, 9.17) is 51.8 Å². The first kappa shape index (κ1) is 24.4. The van der Waals surface area contributed by atoms with Gasteiger partial charge in [-0.1, -0.05) is 46.9 Å². The molecule has 0 heterocycles. The zero-order valence-electron chi connectivity index (χ0n) is 15.1. The van der Waals surface area contributed by atoms with Crippen molar-refractivity contribution in [3.05, 3.63) is 62.6 Å². The van der Waals surface area contributed by atoms with Crippen LogP contribution < -0.4 is 20.7 Å². The van der Waals surface area contributed by atoms with Crippen LogP contribution >= 0.6 is 63.0 Å². The lowest BCUT2D eigenvalue weighted by Crippen LogP contribution is -2.56. The predicted molar refractivity (Wildman–Crippen MR) is 125 cm³/mol. The zero-order chi connectivity index (χ0) is 22.5. The van der Waals surface area contributed by atoms with E-state index in [1.165, 1.54) is 25.3 Å². The minimum Gasteiger partial charge on any atom is -0.496 e. The number of nitro benzene ring substituents is 1. The molecular weight excluding hydrogens is 543 g/mol. The molecule has 1 amide bonds. The molecule has 0 fully saturated rings. The first-order valence-electron chi connectivity index (χ1n) is 8.05. The second-order valence-electron chi connectivity index (χ2n) is 5.67. The van der Waals surface area contributed by atoms with Crippen LogP contribution in [0.3, 0.4) is 0 Å². The molecule has 0 saturated heterocycles. The summed E-state index contributed by atoms with van der Waals surface area (Å²) >= 11 is 26.4. The molecule has 1 atom stereocenters. The Balaban J connectivity index is 2.18. The highest BCUT2D eigenvalue weighted by Crippen LogP contribution is 2.31. The summed E-state index contributed by atoms with van der Waals surface area (Å²) in [4.78, 5) is 23.3. The Kier molecular flexibility index (Phi) is 8.51. The van der Waals surface area contributed by atoms with Gasteiger partial charge < -0.3 is 20.7 Å². The Morgan fingerprint density at radius 2 is 1.90 bits per heavy atom. The van der Waals surface area contributed by atoms with Crippen LogP contribution in [-0.2, 0) is 0 Å². The van der Waals surface area contributed by atoms with Crippen molar-refractivity contribution in [2.75, 3.05) is 12.4 Å². The highest BCUT2D eigenvalue weighted by molar-refractivity contribution is 9.10. The van der Waals surface area contributed by atoms with Crippen LogP contribution in [0.1, 0.15) is 10.4 Å². The predicted octanol–water partition coefficient (Wildman–Crippen LogP) is 4.78. The van der Waals surface area contributed by atoms with Gasteiger partial charge in [-0.05, 0) is 52.4 Å². The molecule has 3 N–H and O–H groups in total. The number of ether oxygens (including phenoxy) is 1. The van der Waals surface area contributed by atoms with Gasteiger partial charge in [0.15, 0.2) is 5.11 Å². The molecule has 13 heteroatoms. The molecule has 0 radical (unpaired) electrons. The molecule has 8 nitrogen and oxygen atoms in total. The van der Waals surface area contributed by atoms with Gasteiger partial charge in [-0.2, -0.15) is 0 Å². The van der Waals surface area contributed by atoms with Gasteiger partial charge in [0.1, 0.15) is 17.6 Å². The number of hydrogen-bond acceptors (Lipinski definition) is 5. The molecule has 0 aromatic heterocycles. The maximum Gasteiger partial charge on any atom is 0.296 e. The van der Waals surface area contributed by atoms with E-state index in [1.807, 2.05) is 0 Å². The molecule has 0 aliphatic carbocycles. The standard InChI is InChI=1S/C17H14BrCl3N4O4S/c1-29-9-6-7-12(13(8-9)25(27)28)22-16(30)24-15(17(19,20)21)23-14(26)10-4-2-3-5-11(10)18/h2-8,15H,1H3,(H,23,26)(H2,22,24,30)/t15-/m1/s1. The number of methoxy groups -OCH3 is 1. The van der Waals surface area contributed by atoms with Crippen molar-refractivity contribution < 1.29 is 14.5 Å². The highest BCUT2D eigenvalue weighted by atomic mass is 79.9. The summed E-state index contributed by atoms with van der Waals surface area (Å²) in [5, 5.41) is 19.0. The summed E-state index contributed by atoms with van der Waals surface area (Å²) in [6.07, 6.45) is -1.25. The summed E-state index contributed by atoms with van der Waals surface area (Å²) in [5.41, 5.74) is 0.114. The fourth-order valence-electron chi connectivity index (χ4n) is 2.24. The number of benzene rings is 2. The SMILES string of the molecule is COc1ccc(NC(=S)N[C@@H](NC(=O)c2ccccc2Br)C(Cl)(Cl)Cl)c([N+](=O)[O-])c1. The van der Waals surface area contributed by atoms with Gasteiger partial charge in [0.25, 0.3) is 11.6 Å². The number of carbonyl (C=O) groups excluding carboxylic acids is 1. The van der Waals surface area contributed by atoms with Crippen LogP contribution in [0.4, 0.5) is 11.4 Å². The highest BCUT2D eigenvalue weighted by Gasteiger charge is 2.35. The van der Waals surface area contributed by atoms with Crippen molar-refractivity contribution in [3.63, 3.8) is 0 Å². The lowest BCUT2D eigenvalue weighted by atomic mass is 10.2. The van der Waals surface area contributed by atoms with Gasteiger partial charge in [-0.15, -0.1) is 0 Å². The Bertz CT molecular complexity index is 974. The van der Waals surface area contributed by atoms with Crippen LogP contribution in [0.15, 0.2) is 46.9 Å². The summed E-state index contributed by atoms with van der Waals surface area (Å²) in [6.45, 7) is 0. The number of thiocarbonyl (C=S) groups is 1. The van der Waals surface area contributed by atoms with Crippen LogP contribution in [-0.4, -0.2) is 33.0 Å². The van der Waals surface area contributed by atoms with Gasteiger partial charge in [-0.25, -0.2) is 0 Å². The zero-order valence-corrected chi connectivity index (χ0v) is 19.8. The van der Waals surface area contributed by atoms with E-state index in [2.05, 4.69) is 31.9 Å². The van der Waals surface area contributed by atoms with Gasteiger partial charge in [0.2, 0.25) is 3.79 Å². The molecule has 0 aliphatic rings. The number of carbonyl (C=O) groups is 1. The molecular formula is C17H14BrCl3N4O4S. The fraction of sp³-hybridized carbons (Fsp3) is 0.176. The van der Waals surface area contributed by atoms with E-state index in [1.54, 1.807) is 24.3 Å². The normalized spacial score (nSPS) is 11.9. The van der Waals surface area contributed by atoms with E-state index in [0.717, 1.165) is 0 Å². The average molecular weight is 557 g/mol. The molecule has 30 heavy (non-hydrogen) atoms. The number of amides is 1. The topological polar surface area (TPSA) is 106 Å². The van der Waals surface area contributed by atoms with Crippen LogP contribution in [0, 0.1) is 10.1 Å². The van der Waals surface area contributed by atoms with Crippen molar-refractivity contribution in [1.82, 2.24) is 10.6 Å². The van der Waals surface area contributed by atoms with Gasteiger partial charge in [0, 0.05) is 4.47 Å². The lowest BCUT2D eigenvalue weighted by molar-refractivity contribution is -0.384. The number of rotatable bonds is 6. The van der Waals surface area contributed by atoms with Crippen LogP contribution in [0.25, 0.3) is 0 Å². The van der Waals surface area contributed by atoms with Crippen LogP contribution in [0.2, 0.25) is 0 Å². The number of hydrogen-bond donors (Lipinski definition) is 3. The lowest BCUT2D eigenvalue weighted by Gasteiger charge is -2.28. The maximum atomic E-state index is 12.6. The first-order chi connectivity index (χ1) is 14.0. The number of alkyl halides is 3. The summed E-state index contributed by atoms with van der Waals surface area (Å²) in [5.74, 6) is -0.240. The molecule has 0 saturated carbocycles. The van der Waals surface area contributed by atoms with Crippen molar-refractivity contribution in [2.24, 2.45) is 0 Å². The number of nitro groups is 1. The third-order valence-electron chi connectivity index (χ3n) is 3.65. The molecule has 0 aliphatic heterocycles. The maximum absolute atomic E-state index is 12.6. The van der Waals surface area contributed by atoms with Crippen LogP contribution in [0.5, 0.6) is 5.75 Å². The number of nitrogens with zero attached hydrogens (tertiary/aromatic N) is 1. The molecule has 2 aromatic rings. The summed E-state index contributed by atoms with van der Waals surface area (Å²) in [6, 6.07) is 10.8. The Morgan fingerprint density at radius 1 is 1.23 bits per heavy atom. The molecule has 2 rings (SSSR count). The van der Waals surface area contributed by atoms with Gasteiger partial charge >= 0.3 is 0 Å². The minimum atomic E-state index is -1.99. The number of nitrogens with one attached hydrogen (secondary N) is 3. The first-order valence-corrected chi connectivity index (χ1v) is 10.4. The fourth-order valence-corrected chi connectivity index (χ4v) is 3.26. The molecule has 0 spiro atoms. The molecule has 0 bridgehead atoms. The summed E-state index contributed by atoms with van der Waals surface area (Å²) < 4.78 is 3.54. The summed E-state index contributed by atoms with van der Waals surface area (Å²) in [7, 11) is 1.39. The van der Waals surface area contributed by atoms with Gasteiger partial charge in [0.05, 0.1) is 23.7 Å². The van der Waals surface area contributed by atoms with Gasteiger partial charge in [-0.3, -0.25) is 14.9 Å².